The van der Waals surface area contributed by atoms with E-state index in [0.717, 1.165) is 5.57 Å². The molecule has 8 fully saturated rings. The zero-order valence-corrected chi connectivity index (χ0v) is 52.0. The fourth-order valence-corrected chi connectivity index (χ4v) is 17.1. The van der Waals surface area contributed by atoms with Crippen molar-refractivity contribution in [3.8, 4) is 0 Å². The van der Waals surface area contributed by atoms with E-state index in [1.165, 1.54) is 21.0 Å². The van der Waals surface area contributed by atoms with E-state index in [1.54, 1.807) is 33.8 Å². The SMILES string of the molecule is CO[C@@H]1[C@@H](C)[C@H](O[C@@H]2[C@@H](O)[C@H](O[C@H]3[C@H](O)[C@@H](O)[C@@H](O[C@H]4[C@H](OC5CC[C@]6(C)C7=C[C@H](O)C89C(=O)O[C@@](C)(CCCC(C)(C)O)[C@@]8(O)CC[C@@]9(C)C7CCC6C5(C)C)OC[C@@H](OS(=O)(=O)[O-])[C@@H]4O)O[C@@H]3C)O[C@H](C)[C@H]2O)O[C@H](CO)[C@H]1O.[Na+]. The van der Waals surface area contributed by atoms with E-state index in [4.69, 9.17) is 47.4 Å². The van der Waals surface area contributed by atoms with E-state index in [9.17, 15) is 68.8 Å². The molecule has 0 aromatic rings. The van der Waals surface area contributed by atoms with Crippen molar-refractivity contribution >= 4 is 16.4 Å². The Bertz CT molecular complexity index is 2420. The Labute approximate surface area is 501 Å². The molecule has 0 aromatic carbocycles. The second kappa shape index (κ2) is 23.9. The first-order valence-corrected chi connectivity index (χ1v) is 30.0. The van der Waals surface area contributed by atoms with Crippen LogP contribution < -0.4 is 29.6 Å². The Morgan fingerprint density at radius 1 is 0.744 bits per heavy atom. The van der Waals surface area contributed by atoms with E-state index in [1.807, 2.05) is 20.8 Å². The Morgan fingerprint density at radius 2 is 1.38 bits per heavy atom. The van der Waals surface area contributed by atoms with Gasteiger partial charge in [0.05, 0.1) is 49.3 Å². The van der Waals surface area contributed by atoms with Gasteiger partial charge in [0, 0.05) is 13.0 Å². The molecular weight excluding hydrogens is 1120 g/mol. The molecule has 82 heavy (non-hydrogen) atoms. The first-order chi connectivity index (χ1) is 37.6. The maximum Gasteiger partial charge on any atom is 1.00 e. The summed E-state index contributed by atoms with van der Waals surface area (Å²) < 4.78 is 101. The number of cyclic esters (lactones) is 1. The predicted molar refractivity (Wildman–Crippen MR) is 275 cm³/mol. The van der Waals surface area contributed by atoms with Gasteiger partial charge >= 0.3 is 35.5 Å². The van der Waals surface area contributed by atoms with Crippen LogP contribution in [0.25, 0.3) is 0 Å². The molecule has 0 radical (unpaired) electrons. The van der Waals surface area contributed by atoms with Crippen LogP contribution in [0, 0.1) is 39.4 Å². The second-order valence-corrected chi connectivity index (χ2v) is 27.7. The van der Waals surface area contributed by atoms with Gasteiger partial charge in [-0.2, -0.15) is 0 Å². The summed E-state index contributed by atoms with van der Waals surface area (Å²) in [5.41, 5.74) is -6.75. The van der Waals surface area contributed by atoms with Crippen LogP contribution in [0.3, 0.4) is 0 Å². The smallest absolute Gasteiger partial charge is 0.726 e. The number of carbonyl (C=O) groups excluding carboxylic acids is 1. The van der Waals surface area contributed by atoms with Crippen LogP contribution in [0.2, 0.25) is 0 Å². The molecule has 10 N–H and O–H groups in total. The van der Waals surface area contributed by atoms with Crippen molar-refractivity contribution in [3.63, 3.8) is 0 Å². The molecule has 1 spiro atoms. The number of carbonyl (C=O) groups is 1. The van der Waals surface area contributed by atoms with Gasteiger partial charge in [-0.3, -0.25) is 8.98 Å². The summed E-state index contributed by atoms with van der Waals surface area (Å²) in [5, 5.41) is 114. The quantitative estimate of drug-likeness (QED) is 0.0181. The van der Waals surface area contributed by atoms with Crippen LogP contribution in [0.4, 0.5) is 0 Å². The van der Waals surface area contributed by atoms with Crippen LogP contribution in [-0.2, 0) is 66.7 Å². The monoisotopic (exact) mass is 1200 g/mol. The molecule has 5 saturated heterocycles. The number of rotatable bonds is 16. The number of ether oxygens (including phenoxy) is 10. The van der Waals surface area contributed by atoms with Crippen LogP contribution in [0.1, 0.15) is 127 Å². The van der Waals surface area contributed by atoms with E-state index in [0.29, 0.717) is 51.4 Å². The molecule has 25 nitrogen and oxygen atoms in total. The third kappa shape index (κ3) is 11.1. The summed E-state index contributed by atoms with van der Waals surface area (Å²) in [6, 6.07) is 0. The van der Waals surface area contributed by atoms with Crippen LogP contribution in [0.5, 0.6) is 0 Å². The van der Waals surface area contributed by atoms with Gasteiger partial charge in [0.2, 0.25) is 10.4 Å². The topological polar surface area (TPSA) is 378 Å². The van der Waals surface area contributed by atoms with Gasteiger partial charge in [0.15, 0.2) is 25.2 Å². The zero-order valence-electron chi connectivity index (χ0n) is 49.1. The summed E-state index contributed by atoms with van der Waals surface area (Å²) >= 11 is 0. The number of aliphatic hydroxyl groups is 10. The Kier molecular flexibility index (Phi) is 19.6. The first kappa shape index (κ1) is 67.3. The average molecular weight is 1210 g/mol. The van der Waals surface area contributed by atoms with E-state index in [-0.39, 0.29) is 47.8 Å². The minimum absolute atomic E-state index is 0. The minimum atomic E-state index is -5.42. The predicted octanol–water partition coefficient (Wildman–Crippen LogP) is -3.32. The van der Waals surface area contributed by atoms with Crippen molar-refractivity contribution in [1.82, 2.24) is 0 Å². The Morgan fingerprint density at radius 3 is 2.01 bits per heavy atom. The van der Waals surface area contributed by atoms with Gasteiger partial charge in [-0.15, -0.1) is 0 Å². The van der Waals surface area contributed by atoms with Gasteiger partial charge in [0.1, 0.15) is 83.8 Å². The normalized spacial score (nSPS) is 51.2. The molecule has 3 saturated carbocycles. The molecule has 5 heterocycles. The van der Waals surface area contributed by atoms with E-state index < -0.39 is 197 Å². The van der Waals surface area contributed by atoms with Crippen LogP contribution in [0.15, 0.2) is 11.6 Å². The van der Waals surface area contributed by atoms with Crippen molar-refractivity contribution in [2.75, 3.05) is 20.3 Å². The second-order valence-electron chi connectivity index (χ2n) is 26.7. The van der Waals surface area contributed by atoms with Gasteiger partial charge in [-0.05, 0) is 120 Å². The summed E-state index contributed by atoms with van der Waals surface area (Å²) in [5.74, 6) is -1.61. The molecule has 4 aliphatic carbocycles. The van der Waals surface area contributed by atoms with Gasteiger partial charge in [-0.1, -0.05) is 46.3 Å². The van der Waals surface area contributed by atoms with Crippen molar-refractivity contribution < 1.29 is 150 Å². The number of allylic oxidation sites excluding steroid dienone is 1. The van der Waals surface area contributed by atoms with Crippen molar-refractivity contribution in [2.45, 2.75) is 267 Å². The molecular formula is C55H89NaO25S. The largest absolute Gasteiger partial charge is 1.00 e. The summed E-state index contributed by atoms with van der Waals surface area (Å²) in [4.78, 5) is 14.5. The Hall–Kier alpha value is -0.680. The summed E-state index contributed by atoms with van der Waals surface area (Å²) in [6.45, 7) is 16.7. The standard InChI is InChI=1S/C55H90O25S.Na/c1-24-40(70-11)35(59)29(22-56)74-44(24)77-42-34(58)25(2)72-46(39(42)63)76-41-26(3)73-45(38(62)37(41)61)78-43-36(60)30(80-81(67,68)69)23-71-47(43)75-33-15-18-51(8)28-21-32(57)55-48(64)79-53(10,17-12-16-49(4,5)65)54(55,66)20-19-52(55,9)27(28)13-14-31(51)50(33,6)7;/h21,24-27,29-47,56-63,65-66H,12-20,22-23H2,1-11H3,(H,67,68,69);/q;+1/p-1/t24-,25-,26-,27?,29-,30-,31?,32+,33?,34-,35-,36+,37-,38-,39-,40-,41-,42+,43-,44+,45-,46+,47+,51-,52+,53+,54+,55?;/m1./s1. The zero-order chi connectivity index (χ0) is 59.7. The number of fused-ring (bicyclic) bond motifs is 4. The van der Waals surface area contributed by atoms with Gasteiger partial charge < -0.3 is 103 Å². The number of esters is 1. The number of hydrogen-bond donors (Lipinski definition) is 10. The van der Waals surface area contributed by atoms with Crippen molar-refractivity contribution in [3.05, 3.63) is 11.6 Å². The first-order valence-electron chi connectivity index (χ1n) is 28.7. The molecule has 0 aromatic heterocycles. The molecule has 466 valence electrons. The van der Waals surface area contributed by atoms with Crippen molar-refractivity contribution in [1.29, 1.82) is 0 Å². The maximum atomic E-state index is 14.5. The molecule has 5 aliphatic heterocycles. The van der Waals surface area contributed by atoms with Crippen molar-refractivity contribution in [2.24, 2.45) is 39.4 Å². The average Bonchev–Trinajstić information content (AvgIpc) is 1.54. The van der Waals surface area contributed by atoms with Crippen LogP contribution in [-0.4, -0.2) is 230 Å². The van der Waals surface area contributed by atoms with E-state index >= 15 is 0 Å². The molecule has 4 unspecified atom stereocenters. The molecule has 9 rings (SSSR count). The molecule has 0 amide bonds. The van der Waals surface area contributed by atoms with Gasteiger partial charge in [-0.25, -0.2) is 8.42 Å². The maximum absolute atomic E-state index is 14.5. The minimum Gasteiger partial charge on any atom is -0.726 e. The summed E-state index contributed by atoms with van der Waals surface area (Å²) in [7, 11) is -4.06. The Balaban J connectivity index is 0.00000880. The number of hydrogen-bond acceptors (Lipinski definition) is 25. The molecule has 28 atom stereocenters. The molecule has 9 aliphatic rings. The number of methoxy groups -OCH3 is 1. The van der Waals surface area contributed by atoms with Crippen LogP contribution >= 0.6 is 0 Å². The summed E-state index contributed by atoms with van der Waals surface area (Å²) in [6.07, 6.45) is -23.3. The van der Waals surface area contributed by atoms with Gasteiger partial charge in [0.25, 0.3) is 0 Å². The fraction of sp³-hybridized carbons (Fsp3) is 0.945. The molecule has 27 heteroatoms. The number of aliphatic hydroxyl groups excluding tert-OH is 8. The molecule has 0 bridgehead atoms. The third-order valence-corrected chi connectivity index (χ3v) is 21.6. The third-order valence-electron chi connectivity index (χ3n) is 21.1. The fourth-order valence-electron chi connectivity index (χ4n) is 16.7. The van der Waals surface area contributed by atoms with E-state index in [2.05, 4.69) is 11.1 Å².